The van der Waals surface area contributed by atoms with Crippen LogP contribution in [-0.4, -0.2) is 12.6 Å². The first-order valence-corrected chi connectivity index (χ1v) is 8.82. The second-order valence-electron chi connectivity index (χ2n) is 7.59. The molecule has 0 amide bonds. The van der Waals surface area contributed by atoms with Gasteiger partial charge in [-0.2, -0.15) is 0 Å². The third kappa shape index (κ3) is 4.57. The van der Waals surface area contributed by atoms with Gasteiger partial charge in [0.05, 0.1) is 0 Å². The molecule has 1 aromatic carbocycles. The Morgan fingerprint density at radius 3 is 2.76 bits per heavy atom. The molecule has 1 N–H and O–H groups in total. The van der Waals surface area contributed by atoms with Crippen LogP contribution in [0.4, 0.5) is 0 Å². The maximum Gasteiger partial charge on any atom is 0.0141 e. The summed E-state index contributed by atoms with van der Waals surface area (Å²) in [6, 6.07) is 9.68. The Bertz CT molecular complexity index is 435. The van der Waals surface area contributed by atoms with Crippen LogP contribution in [0.1, 0.15) is 64.0 Å². The molecule has 0 aromatic heterocycles. The molecule has 118 valence electrons. The normalized spacial score (nSPS) is 23.0. The highest BCUT2D eigenvalue weighted by Crippen LogP contribution is 2.43. The summed E-state index contributed by atoms with van der Waals surface area (Å²) in [6.07, 6.45) is 7.99. The van der Waals surface area contributed by atoms with Crippen molar-refractivity contribution >= 4 is 0 Å². The molecule has 0 bridgehead atoms. The van der Waals surface area contributed by atoms with Crippen molar-refractivity contribution in [3.8, 4) is 0 Å². The lowest BCUT2D eigenvalue weighted by atomic mass is 9.65. The fourth-order valence-electron chi connectivity index (χ4n) is 4.05. The second-order valence-corrected chi connectivity index (χ2v) is 7.59. The number of rotatable bonds is 6. The maximum absolute atomic E-state index is 3.86. The van der Waals surface area contributed by atoms with Crippen LogP contribution in [0.3, 0.4) is 0 Å². The predicted molar refractivity (Wildman–Crippen MR) is 92.7 cm³/mol. The van der Waals surface area contributed by atoms with Crippen LogP contribution in [0.15, 0.2) is 24.3 Å². The summed E-state index contributed by atoms with van der Waals surface area (Å²) in [4.78, 5) is 0. The molecule has 0 aliphatic heterocycles. The van der Waals surface area contributed by atoms with Gasteiger partial charge in [-0.15, -0.1) is 0 Å². The number of hydrogen-bond donors (Lipinski definition) is 1. The zero-order valence-electron chi connectivity index (χ0n) is 14.4. The highest BCUT2D eigenvalue weighted by Gasteiger charge is 2.37. The van der Waals surface area contributed by atoms with Gasteiger partial charge in [0.2, 0.25) is 0 Å². The molecule has 21 heavy (non-hydrogen) atoms. The van der Waals surface area contributed by atoms with E-state index in [2.05, 4.69) is 57.3 Å². The van der Waals surface area contributed by atoms with Crippen LogP contribution in [0, 0.1) is 18.3 Å². The average molecular weight is 287 g/mol. The van der Waals surface area contributed by atoms with E-state index >= 15 is 0 Å². The van der Waals surface area contributed by atoms with Crippen LogP contribution < -0.4 is 5.32 Å². The summed E-state index contributed by atoms with van der Waals surface area (Å²) in [5, 5.41) is 3.86. The van der Waals surface area contributed by atoms with Gasteiger partial charge in [-0.05, 0) is 56.0 Å². The van der Waals surface area contributed by atoms with Gasteiger partial charge in [0, 0.05) is 6.04 Å². The van der Waals surface area contributed by atoms with Gasteiger partial charge in [0.1, 0.15) is 0 Å². The molecule has 2 rings (SSSR count). The molecule has 0 radical (unpaired) electrons. The van der Waals surface area contributed by atoms with Crippen molar-refractivity contribution in [2.75, 3.05) is 6.54 Å². The number of nitrogens with one attached hydrogen (secondary N) is 1. The first-order chi connectivity index (χ1) is 10.0. The summed E-state index contributed by atoms with van der Waals surface area (Å²) < 4.78 is 0. The predicted octanol–water partition coefficient (Wildman–Crippen LogP) is 5.12. The van der Waals surface area contributed by atoms with E-state index in [0.717, 1.165) is 12.5 Å². The van der Waals surface area contributed by atoms with Crippen LogP contribution in [0.25, 0.3) is 0 Å². The minimum absolute atomic E-state index is 0.480. The van der Waals surface area contributed by atoms with Crippen LogP contribution >= 0.6 is 0 Å². The molecule has 1 nitrogen and oxygen atoms in total. The van der Waals surface area contributed by atoms with Gasteiger partial charge in [-0.3, -0.25) is 0 Å². The Hall–Kier alpha value is -0.820. The van der Waals surface area contributed by atoms with E-state index in [0.29, 0.717) is 11.5 Å². The van der Waals surface area contributed by atoms with Crippen molar-refractivity contribution in [2.45, 2.75) is 72.3 Å². The number of hydrogen-bond acceptors (Lipinski definition) is 1. The number of aryl methyl sites for hydroxylation is 1. The minimum atomic E-state index is 0.480. The average Bonchev–Trinajstić information content (AvgIpc) is 2.43. The largest absolute Gasteiger partial charge is 0.313 e. The molecule has 1 fully saturated rings. The van der Waals surface area contributed by atoms with Gasteiger partial charge in [-0.1, -0.05) is 63.4 Å². The van der Waals surface area contributed by atoms with Crippen molar-refractivity contribution in [2.24, 2.45) is 11.3 Å². The van der Waals surface area contributed by atoms with Gasteiger partial charge >= 0.3 is 0 Å². The summed E-state index contributed by atoms with van der Waals surface area (Å²) in [7, 11) is 0. The fourth-order valence-corrected chi connectivity index (χ4v) is 4.05. The Morgan fingerprint density at radius 2 is 2.10 bits per heavy atom. The minimum Gasteiger partial charge on any atom is -0.313 e. The van der Waals surface area contributed by atoms with E-state index in [1.165, 1.54) is 49.7 Å². The summed E-state index contributed by atoms with van der Waals surface area (Å²) >= 11 is 0. The van der Waals surface area contributed by atoms with Crippen molar-refractivity contribution in [1.82, 2.24) is 5.32 Å². The quantitative estimate of drug-likeness (QED) is 0.765. The first-order valence-electron chi connectivity index (χ1n) is 8.82. The van der Waals surface area contributed by atoms with Gasteiger partial charge < -0.3 is 5.32 Å². The van der Waals surface area contributed by atoms with Crippen molar-refractivity contribution in [3.05, 3.63) is 35.4 Å². The Morgan fingerprint density at radius 1 is 1.29 bits per heavy atom. The molecule has 0 spiro atoms. The van der Waals surface area contributed by atoms with E-state index in [9.17, 15) is 0 Å². The highest BCUT2D eigenvalue weighted by atomic mass is 14.9. The van der Waals surface area contributed by atoms with E-state index in [-0.39, 0.29) is 0 Å². The monoisotopic (exact) mass is 287 g/mol. The lowest BCUT2D eigenvalue weighted by Crippen LogP contribution is -2.46. The van der Waals surface area contributed by atoms with Crippen LogP contribution in [0.2, 0.25) is 0 Å². The molecular weight excluding hydrogens is 254 g/mol. The van der Waals surface area contributed by atoms with E-state index < -0.39 is 0 Å². The zero-order chi connectivity index (χ0) is 15.3. The molecule has 1 saturated carbocycles. The molecule has 1 aliphatic carbocycles. The topological polar surface area (TPSA) is 12.0 Å². The maximum atomic E-state index is 3.86. The van der Waals surface area contributed by atoms with Crippen LogP contribution in [0.5, 0.6) is 0 Å². The SMILES string of the molecule is CCCNC(Cc1cccc(C)c1)C1CCCCC1(C)C. The Kier molecular flexibility index (Phi) is 5.87. The zero-order valence-corrected chi connectivity index (χ0v) is 14.4. The molecule has 2 atom stereocenters. The van der Waals surface area contributed by atoms with E-state index in [1.54, 1.807) is 0 Å². The van der Waals surface area contributed by atoms with Crippen molar-refractivity contribution in [3.63, 3.8) is 0 Å². The molecule has 1 heteroatoms. The molecule has 1 aromatic rings. The lowest BCUT2D eigenvalue weighted by molar-refractivity contribution is 0.0981. The van der Waals surface area contributed by atoms with Crippen LogP contribution in [-0.2, 0) is 6.42 Å². The highest BCUT2D eigenvalue weighted by molar-refractivity contribution is 5.23. The number of benzene rings is 1. The van der Waals surface area contributed by atoms with E-state index in [4.69, 9.17) is 0 Å². The van der Waals surface area contributed by atoms with Crippen molar-refractivity contribution < 1.29 is 0 Å². The summed E-state index contributed by atoms with van der Waals surface area (Å²) in [5.74, 6) is 0.804. The second kappa shape index (κ2) is 7.45. The Balaban J connectivity index is 2.13. The van der Waals surface area contributed by atoms with Crippen molar-refractivity contribution in [1.29, 1.82) is 0 Å². The van der Waals surface area contributed by atoms with E-state index in [1.807, 2.05) is 0 Å². The molecular formula is C20H33N. The summed E-state index contributed by atoms with van der Waals surface area (Å²) in [6.45, 7) is 10.6. The smallest absolute Gasteiger partial charge is 0.0141 e. The standard InChI is InChI=1S/C20H33N/c1-5-13-21-19(15-17-10-8-9-16(2)14-17)18-11-6-7-12-20(18,3)4/h8-10,14,18-19,21H,5-7,11-13,15H2,1-4H3. The fraction of sp³-hybridized carbons (Fsp3) is 0.700. The third-order valence-corrected chi connectivity index (χ3v) is 5.27. The third-order valence-electron chi connectivity index (χ3n) is 5.27. The van der Waals surface area contributed by atoms with Gasteiger partial charge in [-0.25, -0.2) is 0 Å². The molecule has 1 aliphatic rings. The van der Waals surface area contributed by atoms with Gasteiger partial charge in [0.25, 0.3) is 0 Å². The lowest BCUT2D eigenvalue weighted by Gasteiger charge is -2.44. The first kappa shape index (κ1) is 16.5. The van der Waals surface area contributed by atoms with Gasteiger partial charge in [0.15, 0.2) is 0 Å². The summed E-state index contributed by atoms with van der Waals surface area (Å²) in [5.41, 5.74) is 3.35. The molecule has 0 saturated heterocycles. The Labute approximate surface area is 131 Å². The molecule has 2 unspecified atom stereocenters. The molecule has 0 heterocycles.